The molecule has 1 fully saturated rings. The molecule has 1 heterocycles. The number of carbonyl (C=O) groups is 1. The minimum absolute atomic E-state index is 0.0852. The highest BCUT2D eigenvalue weighted by Gasteiger charge is 2.26. The monoisotopic (exact) mass is 276 g/mol. The van der Waals surface area contributed by atoms with Crippen molar-refractivity contribution in [2.75, 3.05) is 19.7 Å². The first-order valence-corrected chi connectivity index (χ1v) is 7.47. The second-order valence-corrected chi connectivity index (χ2v) is 5.40. The molecular formula is C16H24N2O2. The van der Waals surface area contributed by atoms with Crippen LogP contribution in [-0.2, 0) is 6.42 Å². The van der Waals surface area contributed by atoms with Crippen molar-refractivity contribution >= 4 is 5.91 Å². The van der Waals surface area contributed by atoms with E-state index in [1.165, 1.54) is 0 Å². The number of amides is 1. The summed E-state index contributed by atoms with van der Waals surface area (Å²) in [7, 11) is 0. The van der Waals surface area contributed by atoms with E-state index in [1.54, 1.807) is 0 Å². The average Bonchev–Trinajstić information content (AvgIpc) is 2.48. The van der Waals surface area contributed by atoms with Gasteiger partial charge in [0, 0.05) is 24.8 Å². The summed E-state index contributed by atoms with van der Waals surface area (Å²) < 4.78 is 0. The van der Waals surface area contributed by atoms with Crippen LogP contribution >= 0.6 is 0 Å². The van der Waals surface area contributed by atoms with Gasteiger partial charge in [-0.05, 0) is 56.3 Å². The molecule has 1 aromatic carbocycles. The maximum Gasteiger partial charge on any atom is 0.254 e. The van der Waals surface area contributed by atoms with E-state index in [-0.39, 0.29) is 18.6 Å². The van der Waals surface area contributed by atoms with Crippen LogP contribution in [0.4, 0.5) is 0 Å². The molecule has 1 amide bonds. The zero-order valence-corrected chi connectivity index (χ0v) is 11.9. The smallest absolute Gasteiger partial charge is 0.254 e. The Balaban J connectivity index is 2.13. The molecule has 110 valence electrons. The highest BCUT2D eigenvalue weighted by molar-refractivity contribution is 5.94. The Bertz CT molecular complexity index is 446. The molecule has 1 unspecified atom stereocenters. The third-order valence-electron chi connectivity index (χ3n) is 3.96. The van der Waals surface area contributed by atoms with Crippen molar-refractivity contribution < 1.29 is 9.90 Å². The van der Waals surface area contributed by atoms with Crippen molar-refractivity contribution in [1.82, 2.24) is 4.90 Å². The van der Waals surface area contributed by atoms with Gasteiger partial charge in [-0.25, -0.2) is 0 Å². The van der Waals surface area contributed by atoms with Crippen molar-refractivity contribution in [3.05, 3.63) is 35.4 Å². The molecule has 0 aromatic heterocycles. The Labute approximate surface area is 120 Å². The molecule has 4 nitrogen and oxygen atoms in total. The lowest BCUT2D eigenvalue weighted by molar-refractivity contribution is 0.0574. The van der Waals surface area contributed by atoms with E-state index in [1.807, 2.05) is 29.2 Å². The van der Waals surface area contributed by atoms with Crippen LogP contribution in [0.25, 0.3) is 0 Å². The molecule has 1 atom stereocenters. The van der Waals surface area contributed by atoms with Gasteiger partial charge in [-0.1, -0.05) is 12.1 Å². The van der Waals surface area contributed by atoms with Crippen LogP contribution < -0.4 is 5.73 Å². The molecule has 20 heavy (non-hydrogen) atoms. The topological polar surface area (TPSA) is 66.6 Å². The third kappa shape index (κ3) is 3.58. The Hall–Kier alpha value is -1.39. The number of aliphatic hydroxyl groups is 1. The summed E-state index contributed by atoms with van der Waals surface area (Å²) in [6.45, 7) is 1.53. The van der Waals surface area contributed by atoms with Gasteiger partial charge in [0.1, 0.15) is 0 Å². The number of benzene rings is 1. The molecule has 0 aliphatic carbocycles. The summed E-state index contributed by atoms with van der Waals surface area (Å²) in [6.07, 6.45) is 4.65. The highest BCUT2D eigenvalue weighted by atomic mass is 16.3. The first-order valence-electron chi connectivity index (χ1n) is 7.47. The fourth-order valence-corrected chi connectivity index (χ4v) is 2.91. The van der Waals surface area contributed by atoms with Crippen LogP contribution in [0.1, 0.15) is 41.6 Å². The van der Waals surface area contributed by atoms with E-state index >= 15 is 0 Å². The molecule has 2 rings (SSSR count). The van der Waals surface area contributed by atoms with Crippen LogP contribution in [0.3, 0.4) is 0 Å². The van der Waals surface area contributed by atoms with Gasteiger partial charge in [0.25, 0.3) is 5.91 Å². The summed E-state index contributed by atoms with van der Waals surface area (Å²) in [5, 5.41) is 9.15. The van der Waals surface area contributed by atoms with Gasteiger partial charge in [-0.3, -0.25) is 4.79 Å². The molecule has 4 heteroatoms. The van der Waals surface area contributed by atoms with E-state index in [9.17, 15) is 4.79 Å². The lowest BCUT2D eigenvalue weighted by atomic mass is 9.98. The van der Waals surface area contributed by atoms with Crippen molar-refractivity contribution in [2.24, 2.45) is 5.73 Å². The molecule has 0 spiro atoms. The van der Waals surface area contributed by atoms with Crippen LogP contribution in [0.5, 0.6) is 0 Å². The Morgan fingerprint density at radius 1 is 1.40 bits per heavy atom. The van der Waals surface area contributed by atoms with Gasteiger partial charge >= 0.3 is 0 Å². The minimum Gasteiger partial charge on any atom is -0.396 e. The zero-order chi connectivity index (χ0) is 14.4. The van der Waals surface area contributed by atoms with Gasteiger partial charge in [-0.15, -0.1) is 0 Å². The fraction of sp³-hybridized carbons (Fsp3) is 0.562. The fourth-order valence-electron chi connectivity index (χ4n) is 2.91. The number of hydrogen-bond acceptors (Lipinski definition) is 3. The zero-order valence-electron chi connectivity index (χ0n) is 11.9. The predicted molar refractivity (Wildman–Crippen MR) is 79.6 cm³/mol. The van der Waals surface area contributed by atoms with E-state index in [0.29, 0.717) is 13.0 Å². The third-order valence-corrected chi connectivity index (χ3v) is 3.96. The first kappa shape index (κ1) is 15.0. The Morgan fingerprint density at radius 2 is 2.25 bits per heavy atom. The normalized spacial score (nSPS) is 19.1. The summed E-state index contributed by atoms with van der Waals surface area (Å²) in [5.41, 5.74) is 7.41. The van der Waals surface area contributed by atoms with Crippen molar-refractivity contribution in [2.45, 2.75) is 38.1 Å². The Kier molecular flexibility index (Phi) is 5.56. The van der Waals surface area contributed by atoms with E-state index in [4.69, 9.17) is 10.8 Å². The molecule has 1 saturated heterocycles. The maximum atomic E-state index is 12.7. The highest BCUT2D eigenvalue weighted by Crippen LogP contribution is 2.22. The van der Waals surface area contributed by atoms with Gasteiger partial charge in [0.15, 0.2) is 0 Å². The van der Waals surface area contributed by atoms with Crippen molar-refractivity contribution in [3.8, 4) is 0 Å². The molecule has 1 aliphatic heterocycles. The largest absolute Gasteiger partial charge is 0.396 e. The summed E-state index contributed by atoms with van der Waals surface area (Å²) in [4.78, 5) is 14.6. The maximum absolute atomic E-state index is 12.7. The van der Waals surface area contributed by atoms with Crippen molar-refractivity contribution in [1.29, 1.82) is 0 Å². The number of aliphatic hydroxyl groups excluding tert-OH is 1. The average molecular weight is 276 g/mol. The summed E-state index contributed by atoms with van der Waals surface area (Å²) in [5.74, 6) is 0.0852. The quantitative estimate of drug-likeness (QED) is 0.858. The number of piperidine rings is 1. The molecule has 1 aliphatic rings. The number of carbonyl (C=O) groups excluding carboxylic acids is 1. The Morgan fingerprint density at radius 3 is 3.00 bits per heavy atom. The predicted octanol–water partition coefficient (Wildman–Crippen LogP) is 1.56. The number of hydrogen-bond donors (Lipinski definition) is 2. The van der Waals surface area contributed by atoms with Gasteiger partial charge < -0.3 is 15.7 Å². The molecule has 0 saturated carbocycles. The molecule has 0 bridgehead atoms. The standard InChI is InChI=1S/C16H24N2O2/c17-9-7-13-4-3-5-14(12-13)16(20)18-10-2-1-6-15(18)8-11-19/h3-5,12,15,19H,1-2,6-11,17H2. The lowest BCUT2D eigenvalue weighted by Crippen LogP contribution is -2.44. The van der Waals surface area contributed by atoms with Crippen LogP contribution in [0.15, 0.2) is 24.3 Å². The molecule has 1 aromatic rings. The van der Waals surface area contributed by atoms with Gasteiger partial charge in [0.2, 0.25) is 0 Å². The SMILES string of the molecule is NCCc1cccc(C(=O)N2CCCCC2CCO)c1. The van der Waals surface area contributed by atoms with Crippen LogP contribution in [0, 0.1) is 0 Å². The summed E-state index contributed by atoms with van der Waals surface area (Å²) in [6, 6.07) is 7.92. The second-order valence-electron chi connectivity index (χ2n) is 5.40. The van der Waals surface area contributed by atoms with Crippen LogP contribution in [0.2, 0.25) is 0 Å². The number of nitrogens with two attached hydrogens (primary N) is 1. The molecular weight excluding hydrogens is 252 g/mol. The number of likely N-dealkylation sites (tertiary alicyclic amines) is 1. The second kappa shape index (κ2) is 7.41. The molecule has 3 N–H and O–H groups in total. The minimum atomic E-state index is 0.0852. The van der Waals surface area contributed by atoms with E-state index in [2.05, 4.69) is 0 Å². The summed E-state index contributed by atoms with van der Waals surface area (Å²) >= 11 is 0. The van der Waals surface area contributed by atoms with Gasteiger partial charge in [-0.2, -0.15) is 0 Å². The lowest BCUT2D eigenvalue weighted by Gasteiger charge is -2.35. The first-order chi connectivity index (χ1) is 9.76. The van der Waals surface area contributed by atoms with Crippen LogP contribution in [-0.4, -0.2) is 41.7 Å². The van der Waals surface area contributed by atoms with E-state index < -0.39 is 0 Å². The van der Waals surface area contributed by atoms with Gasteiger partial charge in [0.05, 0.1) is 0 Å². The van der Waals surface area contributed by atoms with E-state index in [0.717, 1.165) is 43.4 Å². The number of nitrogens with zero attached hydrogens (tertiary/aromatic N) is 1. The van der Waals surface area contributed by atoms with Crippen molar-refractivity contribution in [3.63, 3.8) is 0 Å². The molecule has 0 radical (unpaired) electrons. The number of rotatable bonds is 5.